The normalized spacial score (nSPS) is 10.6. The summed E-state index contributed by atoms with van der Waals surface area (Å²) in [6, 6.07) is 11.5. The molecule has 0 aliphatic rings. The number of amides is 2. The summed E-state index contributed by atoms with van der Waals surface area (Å²) in [7, 11) is 0. The fourth-order valence-corrected chi connectivity index (χ4v) is 3.92. The predicted molar refractivity (Wildman–Crippen MR) is 127 cm³/mol. The molecule has 1 aromatic heterocycles. The molecule has 0 spiro atoms. The molecule has 0 radical (unpaired) electrons. The van der Waals surface area contributed by atoms with E-state index in [0.717, 1.165) is 17.3 Å². The smallest absolute Gasteiger partial charge is 0.335 e. The SMILES string of the molecule is CCn1c(CC(=O)Nc2ccc(C)cc2)nnc1SCC(=O)Nc1cc(C(=O)O)ccc1Cl. The van der Waals surface area contributed by atoms with Gasteiger partial charge in [-0.15, -0.1) is 10.2 Å². The topological polar surface area (TPSA) is 126 Å². The van der Waals surface area contributed by atoms with Gasteiger partial charge >= 0.3 is 5.97 Å². The molecule has 2 aromatic carbocycles. The van der Waals surface area contributed by atoms with E-state index in [-0.39, 0.29) is 40.3 Å². The second kappa shape index (κ2) is 11.0. The van der Waals surface area contributed by atoms with Gasteiger partial charge in [0.05, 0.1) is 28.4 Å². The number of hydrogen-bond donors (Lipinski definition) is 3. The molecule has 3 N–H and O–H groups in total. The third kappa shape index (κ3) is 6.56. The van der Waals surface area contributed by atoms with Crippen LogP contribution in [0.2, 0.25) is 5.02 Å². The van der Waals surface area contributed by atoms with E-state index in [9.17, 15) is 14.4 Å². The number of carboxylic acid groups (broad SMARTS) is 1. The molecule has 0 saturated heterocycles. The molecule has 0 atom stereocenters. The lowest BCUT2D eigenvalue weighted by molar-refractivity contribution is -0.116. The molecule has 9 nitrogen and oxygen atoms in total. The Balaban J connectivity index is 1.60. The number of benzene rings is 2. The van der Waals surface area contributed by atoms with Crippen molar-refractivity contribution in [2.75, 3.05) is 16.4 Å². The maximum Gasteiger partial charge on any atom is 0.335 e. The molecule has 1 heterocycles. The van der Waals surface area contributed by atoms with Crippen molar-refractivity contribution < 1.29 is 19.5 Å². The molecule has 172 valence electrons. The third-order valence-corrected chi connectivity index (χ3v) is 5.88. The van der Waals surface area contributed by atoms with Crippen LogP contribution in [0, 0.1) is 6.92 Å². The fraction of sp³-hybridized carbons (Fsp3) is 0.227. The standard InChI is InChI=1S/C22H22ClN5O4S/c1-3-28-18(11-19(29)24-15-7-4-13(2)5-8-15)26-27-22(28)33-12-20(30)25-17-10-14(21(31)32)6-9-16(17)23/h4-10H,3,11-12H2,1-2H3,(H,24,29)(H,25,30)(H,31,32). The summed E-state index contributed by atoms with van der Waals surface area (Å²) in [5.74, 6) is -1.23. The zero-order chi connectivity index (χ0) is 24.0. The molecule has 33 heavy (non-hydrogen) atoms. The zero-order valence-corrected chi connectivity index (χ0v) is 19.5. The minimum Gasteiger partial charge on any atom is -0.478 e. The van der Waals surface area contributed by atoms with Crippen LogP contribution in [0.25, 0.3) is 0 Å². The number of hydrogen-bond acceptors (Lipinski definition) is 6. The van der Waals surface area contributed by atoms with Crippen molar-refractivity contribution in [2.24, 2.45) is 0 Å². The molecule has 0 aliphatic carbocycles. The third-order valence-electron chi connectivity index (χ3n) is 4.58. The lowest BCUT2D eigenvalue weighted by Crippen LogP contribution is -2.18. The van der Waals surface area contributed by atoms with Gasteiger partial charge in [0, 0.05) is 12.2 Å². The Morgan fingerprint density at radius 3 is 2.45 bits per heavy atom. The summed E-state index contributed by atoms with van der Waals surface area (Å²) >= 11 is 7.20. The van der Waals surface area contributed by atoms with E-state index < -0.39 is 5.97 Å². The summed E-state index contributed by atoms with van der Waals surface area (Å²) in [5.41, 5.74) is 2.03. The molecule has 3 rings (SSSR count). The van der Waals surface area contributed by atoms with Gasteiger partial charge in [0.25, 0.3) is 0 Å². The van der Waals surface area contributed by atoms with E-state index in [1.54, 1.807) is 4.57 Å². The summed E-state index contributed by atoms with van der Waals surface area (Å²) in [6.07, 6.45) is 0.0407. The van der Waals surface area contributed by atoms with E-state index in [0.29, 0.717) is 23.2 Å². The van der Waals surface area contributed by atoms with Crippen molar-refractivity contribution in [3.8, 4) is 0 Å². The summed E-state index contributed by atoms with van der Waals surface area (Å²) in [4.78, 5) is 35.9. The minimum absolute atomic E-state index is 0.00131. The van der Waals surface area contributed by atoms with Gasteiger partial charge in [0.1, 0.15) is 5.82 Å². The maximum absolute atomic E-state index is 12.4. The summed E-state index contributed by atoms with van der Waals surface area (Å²) in [6.45, 7) is 4.39. The molecule has 2 amide bonds. The van der Waals surface area contributed by atoms with E-state index in [2.05, 4.69) is 20.8 Å². The highest BCUT2D eigenvalue weighted by Gasteiger charge is 2.17. The van der Waals surface area contributed by atoms with Gasteiger partial charge in [0.15, 0.2) is 5.16 Å². The molecule has 3 aromatic rings. The second-order valence-corrected chi connectivity index (χ2v) is 8.42. The monoisotopic (exact) mass is 487 g/mol. The van der Waals surface area contributed by atoms with Crippen LogP contribution in [0.15, 0.2) is 47.6 Å². The van der Waals surface area contributed by atoms with Gasteiger partial charge in [-0.1, -0.05) is 41.1 Å². The molecule has 0 saturated carbocycles. The molecule has 0 fully saturated rings. The first-order valence-corrected chi connectivity index (χ1v) is 11.4. The van der Waals surface area contributed by atoms with Crippen molar-refractivity contribution in [2.45, 2.75) is 32.0 Å². The number of carbonyl (C=O) groups is 3. The van der Waals surface area contributed by atoms with Crippen molar-refractivity contribution in [1.29, 1.82) is 0 Å². The molecule has 0 unspecified atom stereocenters. The number of nitrogens with one attached hydrogen (secondary N) is 2. The Morgan fingerprint density at radius 2 is 1.79 bits per heavy atom. The first-order chi connectivity index (χ1) is 15.8. The number of aromatic carboxylic acids is 1. The maximum atomic E-state index is 12.4. The van der Waals surface area contributed by atoms with Gasteiger partial charge in [-0.3, -0.25) is 9.59 Å². The summed E-state index contributed by atoms with van der Waals surface area (Å²) in [5, 5.41) is 23.5. The van der Waals surface area contributed by atoms with Gasteiger partial charge < -0.3 is 20.3 Å². The van der Waals surface area contributed by atoms with Crippen LogP contribution < -0.4 is 10.6 Å². The van der Waals surface area contributed by atoms with Crippen molar-refractivity contribution in [3.63, 3.8) is 0 Å². The number of anilines is 2. The second-order valence-electron chi connectivity index (χ2n) is 7.07. The number of rotatable bonds is 9. The van der Waals surface area contributed by atoms with Crippen LogP contribution in [0.3, 0.4) is 0 Å². The number of nitrogens with zero attached hydrogens (tertiary/aromatic N) is 3. The van der Waals surface area contributed by atoms with Gasteiger partial charge in [-0.05, 0) is 44.2 Å². The van der Waals surface area contributed by atoms with Crippen molar-refractivity contribution >= 4 is 52.5 Å². The van der Waals surface area contributed by atoms with Gasteiger partial charge in [0.2, 0.25) is 11.8 Å². The number of halogens is 1. The Kier molecular flexibility index (Phi) is 8.07. The number of carboxylic acids is 1. The molecule has 11 heteroatoms. The van der Waals surface area contributed by atoms with E-state index in [1.165, 1.54) is 18.2 Å². The Hall–Kier alpha value is -3.37. The lowest BCUT2D eigenvalue weighted by Gasteiger charge is -2.09. The van der Waals surface area contributed by atoms with Crippen LogP contribution in [-0.2, 0) is 22.6 Å². The van der Waals surface area contributed by atoms with Crippen LogP contribution in [0.5, 0.6) is 0 Å². The Bertz CT molecular complexity index is 1180. The quantitative estimate of drug-likeness (QED) is 0.391. The number of aryl methyl sites for hydroxylation is 1. The minimum atomic E-state index is -1.12. The highest BCUT2D eigenvalue weighted by molar-refractivity contribution is 7.99. The fourth-order valence-electron chi connectivity index (χ4n) is 2.93. The van der Waals surface area contributed by atoms with E-state index >= 15 is 0 Å². The molecular weight excluding hydrogens is 466 g/mol. The van der Waals surface area contributed by atoms with Crippen LogP contribution >= 0.6 is 23.4 Å². The summed E-state index contributed by atoms with van der Waals surface area (Å²) < 4.78 is 1.77. The molecular formula is C22H22ClN5O4S. The van der Waals surface area contributed by atoms with E-state index in [1.807, 2.05) is 38.1 Å². The highest BCUT2D eigenvalue weighted by atomic mass is 35.5. The first kappa shape index (κ1) is 24.3. The lowest BCUT2D eigenvalue weighted by atomic mass is 10.2. The largest absolute Gasteiger partial charge is 0.478 e. The van der Waals surface area contributed by atoms with E-state index in [4.69, 9.17) is 16.7 Å². The number of carbonyl (C=O) groups excluding carboxylic acids is 2. The van der Waals surface area contributed by atoms with Crippen LogP contribution in [0.4, 0.5) is 11.4 Å². The van der Waals surface area contributed by atoms with Crippen LogP contribution in [0.1, 0.15) is 28.7 Å². The average molecular weight is 488 g/mol. The molecule has 0 aliphatic heterocycles. The predicted octanol–water partition coefficient (Wildman–Crippen LogP) is 3.87. The van der Waals surface area contributed by atoms with Crippen LogP contribution in [-0.4, -0.2) is 43.4 Å². The van der Waals surface area contributed by atoms with Gasteiger partial charge in [-0.25, -0.2) is 4.79 Å². The van der Waals surface area contributed by atoms with Crippen molar-refractivity contribution in [3.05, 3.63) is 64.4 Å². The molecule has 0 bridgehead atoms. The number of thioether (sulfide) groups is 1. The zero-order valence-electron chi connectivity index (χ0n) is 18.0. The highest BCUT2D eigenvalue weighted by Crippen LogP contribution is 2.24. The first-order valence-electron chi connectivity index (χ1n) is 10.0. The Labute approximate surface area is 199 Å². The average Bonchev–Trinajstić information content (AvgIpc) is 3.16. The van der Waals surface area contributed by atoms with Crippen molar-refractivity contribution in [1.82, 2.24) is 14.8 Å². The Morgan fingerprint density at radius 1 is 1.06 bits per heavy atom. The number of aromatic nitrogens is 3. The van der Waals surface area contributed by atoms with Gasteiger partial charge in [-0.2, -0.15) is 0 Å².